The first-order valence-corrected chi connectivity index (χ1v) is 13.5. The van der Waals surface area contributed by atoms with Crippen LogP contribution in [0.25, 0.3) is 0 Å². The van der Waals surface area contributed by atoms with Crippen LogP contribution in [0.4, 0.5) is 23.1 Å². The summed E-state index contributed by atoms with van der Waals surface area (Å²) in [5.74, 6) is 1.83. The second kappa shape index (κ2) is 11.8. The number of hydrogen-bond donors (Lipinski definition) is 3. The molecule has 1 aliphatic heterocycles. The Labute approximate surface area is 219 Å². The Morgan fingerprint density at radius 3 is 2.25 bits per heavy atom. The zero-order chi connectivity index (χ0) is 24.7. The Morgan fingerprint density at radius 1 is 0.861 bits per heavy atom. The average Bonchev–Trinajstić information content (AvgIpc) is 2.92. The first kappa shape index (κ1) is 24.7. The van der Waals surface area contributed by atoms with Gasteiger partial charge in [-0.05, 0) is 84.0 Å². The number of piperidine rings is 1. The van der Waals surface area contributed by atoms with Crippen LogP contribution in [0.2, 0.25) is 0 Å². The van der Waals surface area contributed by atoms with E-state index in [4.69, 9.17) is 5.73 Å². The Balaban J connectivity index is 1.12. The molecule has 6 nitrogen and oxygen atoms in total. The molecule has 1 saturated heterocycles. The van der Waals surface area contributed by atoms with Gasteiger partial charge < -0.3 is 16.4 Å². The summed E-state index contributed by atoms with van der Waals surface area (Å²) in [5.41, 5.74) is 9.74. The molecule has 0 bridgehead atoms. The van der Waals surface area contributed by atoms with Crippen LogP contribution in [0.1, 0.15) is 24.4 Å². The van der Waals surface area contributed by atoms with Gasteiger partial charge in [-0.3, -0.25) is 0 Å². The summed E-state index contributed by atoms with van der Waals surface area (Å²) in [6.07, 6.45) is 3.98. The van der Waals surface area contributed by atoms with Crippen LogP contribution in [0, 0.1) is 5.92 Å². The second-order valence-electron chi connectivity index (χ2n) is 8.96. The number of aromatic nitrogens is 2. The highest BCUT2D eigenvalue weighted by Gasteiger charge is 2.25. The molecule has 5 rings (SSSR count). The van der Waals surface area contributed by atoms with Crippen LogP contribution in [0.15, 0.2) is 96.0 Å². The first-order chi connectivity index (χ1) is 17.6. The van der Waals surface area contributed by atoms with E-state index in [-0.39, 0.29) is 6.04 Å². The van der Waals surface area contributed by atoms with Gasteiger partial charge in [-0.25, -0.2) is 9.29 Å². The molecule has 184 valence electrons. The van der Waals surface area contributed by atoms with Crippen molar-refractivity contribution in [3.05, 3.63) is 96.7 Å². The minimum atomic E-state index is 0.121. The quantitative estimate of drug-likeness (QED) is 0.200. The summed E-state index contributed by atoms with van der Waals surface area (Å²) in [6, 6.07) is 29.0. The number of benzene rings is 3. The van der Waals surface area contributed by atoms with Crippen molar-refractivity contribution in [2.24, 2.45) is 11.7 Å². The van der Waals surface area contributed by atoms with Crippen molar-refractivity contribution in [3.63, 3.8) is 0 Å². The van der Waals surface area contributed by atoms with Gasteiger partial charge in [0.2, 0.25) is 5.95 Å². The van der Waals surface area contributed by atoms with Crippen molar-refractivity contribution in [2.75, 3.05) is 23.7 Å². The minimum absolute atomic E-state index is 0.121. The van der Waals surface area contributed by atoms with Gasteiger partial charge in [0.1, 0.15) is 5.82 Å². The van der Waals surface area contributed by atoms with Crippen molar-refractivity contribution in [1.29, 1.82) is 0 Å². The molecule has 2 unspecified atom stereocenters. The topological polar surface area (TPSA) is 79.1 Å². The Bertz CT molecular complexity index is 1250. The standard InChI is InChI=1S/C28H31N6PS/c29-27(20-4-2-1-3-5-20)21-15-18-34(19-16-21)36-25-12-8-23(9-13-25)32-28-30-17-14-26(33-28)31-22-6-10-24(35)11-7-22/h1-14,17,21,27H,15-16,18-19,29,35H2,(H2,30,31,32,33). The highest BCUT2D eigenvalue weighted by Crippen LogP contribution is 2.34. The lowest BCUT2D eigenvalue weighted by Gasteiger charge is -2.34. The third-order valence-electron chi connectivity index (χ3n) is 6.37. The van der Waals surface area contributed by atoms with Gasteiger partial charge in [-0.1, -0.05) is 42.5 Å². The molecule has 36 heavy (non-hydrogen) atoms. The fraction of sp³-hybridized carbons (Fsp3) is 0.214. The van der Waals surface area contributed by atoms with Crippen LogP contribution in [0.3, 0.4) is 0 Å². The fourth-order valence-corrected chi connectivity index (χ4v) is 5.50. The molecule has 0 spiro atoms. The maximum atomic E-state index is 6.55. The van der Waals surface area contributed by atoms with Gasteiger partial charge in [0.25, 0.3) is 0 Å². The molecule has 1 aliphatic rings. The highest BCUT2D eigenvalue weighted by molar-refractivity contribution is 7.97. The molecule has 1 fully saturated rings. The molecule has 0 radical (unpaired) electrons. The summed E-state index contributed by atoms with van der Waals surface area (Å²) in [5, 5.41) is 7.76. The average molecular weight is 515 g/mol. The van der Waals surface area contributed by atoms with E-state index in [1.165, 1.54) is 10.5 Å². The van der Waals surface area contributed by atoms with Gasteiger partial charge in [0.05, 0.1) is 0 Å². The predicted molar refractivity (Wildman–Crippen MR) is 154 cm³/mol. The Morgan fingerprint density at radius 2 is 1.53 bits per heavy atom. The van der Waals surface area contributed by atoms with Crippen molar-refractivity contribution >= 4 is 49.6 Å². The maximum absolute atomic E-state index is 6.55. The van der Waals surface area contributed by atoms with Crippen LogP contribution in [0.5, 0.6) is 0 Å². The molecule has 0 saturated carbocycles. The van der Waals surface area contributed by atoms with Crippen molar-refractivity contribution in [2.45, 2.75) is 23.8 Å². The third kappa shape index (κ3) is 6.62. The largest absolute Gasteiger partial charge is 0.340 e. The van der Waals surface area contributed by atoms with E-state index in [1.807, 2.05) is 48.3 Å². The second-order valence-corrected chi connectivity index (χ2v) is 10.8. The van der Waals surface area contributed by atoms with E-state index < -0.39 is 0 Å². The third-order valence-corrected chi connectivity index (χ3v) is 7.87. The number of nitrogens with one attached hydrogen (secondary N) is 2. The highest BCUT2D eigenvalue weighted by atomic mass is 32.2. The van der Waals surface area contributed by atoms with Crippen molar-refractivity contribution in [3.8, 4) is 0 Å². The minimum Gasteiger partial charge on any atom is -0.340 e. The molecule has 2 atom stereocenters. The number of nitrogens with zero attached hydrogens (tertiary/aromatic N) is 3. The lowest BCUT2D eigenvalue weighted by molar-refractivity contribution is 0.258. The van der Waals surface area contributed by atoms with Crippen molar-refractivity contribution < 1.29 is 0 Å². The van der Waals surface area contributed by atoms with Crippen molar-refractivity contribution in [1.82, 2.24) is 14.3 Å². The molecule has 0 amide bonds. The molecule has 4 N–H and O–H groups in total. The number of nitrogens with two attached hydrogens (primary N) is 1. The van der Waals surface area contributed by atoms with Gasteiger partial charge in [0.15, 0.2) is 0 Å². The monoisotopic (exact) mass is 514 g/mol. The summed E-state index contributed by atoms with van der Waals surface area (Å²) in [6.45, 7) is 2.09. The maximum Gasteiger partial charge on any atom is 0.229 e. The van der Waals surface area contributed by atoms with E-state index in [9.17, 15) is 0 Å². The summed E-state index contributed by atoms with van der Waals surface area (Å²) in [4.78, 5) is 10.2. The van der Waals surface area contributed by atoms with Gasteiger partial charge in [-0.15, -0.1) is 9.24 Å². The molecule has 2 heterocycles. The molecule has 3 aromatic carbocycles. The van der Waals surface area contributed by atoms with Crippen LogP contribution < -0.4 is 21.7 Å². The molecule has 1 aromatic heterocycles. The summed E-state index contributed by atoms with van der Waals surface area (Å²) < 4.78 is 2.44. The number of rotatable bonds is 8. The summed E-state index contributed by atoms with van der Waals surface area (Å²) in [7, 11) is 2.69. The SMILES string of the molecule is NC(c1ccccc1)C1CCN(Sc2ccc(Nc3nccc(Nc4ccc(P)cc4)n3)cc2)CC1. The van der Waals surface area contributed by atoms with E-state index in [0.29, 0.717) is 11.9 Å². The zero-order valence-electron chi connectivity index (χ0n) is 20.0. The number of anilines is 4. The van der Waals surface area contributed by atoms with E-state index in [1.54, 1.807) is 6.20 Å². The van der Waals surface area contributed by atoms with Gasteiger partial charge >= 0.3 is 0 Å². The van der Waals surface area contributed by atoms with Crippen LogP contribution >= 0.6 is 21.2 Å². The molecule has 8 heteroatoms. The lowest BCUT2D eigenvalue weighted by Crippen LogP contribution is -2.34. The van der Waals surface area contributed by atoms with Gasteiger partial charge in [-0.2, -0.15) is 4.98 Å². The molecular weight excluding hydrogens is 483 g/mol. The predicted octanol–water partition coefficient (Wildman–Crippen LogP) is 5.88. The van der Waals surface area contributed by atoms with Crippen LogP contribution in [-0.4, -0.2) is 27.4 Å². The fourth-order valence-electron chi connectivity index (χ4n) is 4.35. The number of hydrogen-bond acceptors (Lipinski definition) is 7. The summed E-state index contributed by atoms with van der Waals surface area (Å²) >= 11 is 1.82. The first-order valence-electron chi connectivity index (χ1n) is 12.2. The van der Waals surface area contributed by atoms with Gasteiger partial charge in [0, 0.05) is 41.6 Å². The molecular formula is C28H31N6PS. The van der Waals surface area contributed by atoms with E-state index in [2.05, 4.69) is 82.7 Å². The smallest absolute Gasteiger partial charge is 0.229 e. The normalized spacial score (nSPS) is 15.4. The molecule has 4 aromatic rings. The van der Waals surface area contributed by atoms with Crippen LogP contribution in [-0.2, 0) is 0 Å². The Kier molecular flexibility index (Phi) is 8.14. The zero-order valence-corrected chi connectivity index (χ0v) is 22.0. The van der Waals surface area contributed by atoms with E-state index in [0.717, 1.165) is 48.4 Å². The lowest BCUT2D eigenvalue weighted by atomic mass is 9.87. The molecule has 0 aliphatic carbocycles. The van der Waals surface area contributed by atoms with E-state index >= 15 is 0 Å². The Hall–Kier alpha value is -2.96.